The first-order valence-corrected chi connectivity index (χ1v) is 15.1. The van der Waals surface area contributed by atoms with Crippen molar-refractivity contribution >= 4 is 11.3 Å². The molecule has 4 aromatic heterocycles. The molecular formula is C33H30N6O3S. The summed E-state index contributed by atoms with van der Waals surface area (Å²) in [6.45, 7) is 4.38. The van der Waals surface area contributed by atoms with Gasteiger partial charge < -0.3 is 0 Å². The lowest BCUT2D eigenvalue weighted by Gasteiger charge is -2.15. The van der Waals surface area contributed by atoms with Crippen LogP contribution < -0.4 is 11.3 Å². The molecule has 0 radical (unpaired) electrons. The lowest BCUT2D eigenvalue weighted by atomic mass is 9.96. The maximum Gasteiger partial charge on any atom is 0.439 e. The highest BCUT2D eigenvalue weighted by Gasteiger charge is 2.17. The van der Waals surface area contributed by atoms with Crippen LogP contribution in [0, 0.1) is 6.92 Å². The monoisotopic (exact) mass is 590 g/mol. The number of aromatic amines is 1. The maximum atomic E-state index is 14.0. The van der Waals surface area contributed by atoms with Crippen molar-refractivity contribution in [3.8, 4) is 33.2 Å². The molecule has 0 aliphatic carbocycles. The molecule has 0 saturated heterocycles. The summed E-state index contributed by atoms with van der Waals surface area (Å²) in [6.07, 6.45) is 4.95. The molecule has 6 aromatic rings. The van der Waals surface area contributed by atoms with Crippen LogP contribution in [0.4, 0.5) is 0 Å². The predicted molar refractivity (Wildman–Crippen MR) is 167 cm³/mol. The van der Waals surface area contributed by atoms with Gasteiger partial charge >= 0.3 is 5.76 Å². The largest absolute Gasteiger partial charge is 0.439 e. The van der Waals surface area contributed by atoms with Gasteiger partial charge in [-0.25, -0.2) is 14.8 Å². The van der Waals surface area contributed by atoms with Crippen molar-refractivity contribution in [3.63, 3.8) is 0 Å². The highest BCUT2D eigenvalue weighted by Crippen LogP contribution is 2.30. The van der Waals surface area contributed by atoms with Gasteiger partial charge in [0.2, 0.25) is 0 Å². The fourth-order valence-corrected chi connectivity index (χ4v) is 5.90. The van der Waals surface area contributed by atoms with E-state index in [0.29, 0.717) is 30.2 Å². The highest BCUT2D eigenvalue weighted by molar-refractivity contribution is 7.13. The minimum atomic E-state index is -0.597. The molecule has 0 aliphatic rings. The molecule has 0 bridgehead atoms. The Balaban J connectivity index is 1.30. The van der Waals surface area contributed by atoms with Crippen LogP contribution in [-0.4, -0.2) is 29.7 Å². The molecule has 0 unspecified atom stereocenters. The van der Waals surface area contributed by atoms with Gasteiger partial charge in [-0.15, -0.1) is 11.3 Å². The van der Waals surface area contributed by atoms with Gasteiger partial charge in [-0.05, 0) is 48.6 Å². The molecule has 2 aromatic carbocycles. The lowest BCUT2D eigenvalue weighted by molar-refractivity contribution is 0.388. The Hall–Kier alpha value is -4.96. The molecule has 0 atom stereocenters. The number of aromatic nitrogens is 6. The van der Waals surface area contributed by atoms with Gasteiger partial charge in [0.25, 0.3) is 5.56 Å². The molecule has 0 fully saturated rings. The average molecular weight is 591 g/mol. The van der Waals surface area contributed by atoms with E-state index in [4.69, 9.17) is 14.5 Å². The first-order valence-electron chi connectivity index (χ1n) is 14.2. The fourth-order valence-electron chi connectivity index (χ4n) is 5.11. The third-order valence-electron chi connectivity index (χ3n) is 7.33. The van der Waals surface area contributed by atoms with Crippen molar-refractivity contribution < 1.29 is 4.52 Å². The Labute approximate surface area is 252 Å². The standard InChI is InChI=1S/C33H30N6O3S/c1-3-4-11-28-27(32(40)39(21(2)35-28)19-24-20-43-31(36-24)29-12-7-8-17-34-29)18-22-13-15-23(16-14-22)25-9-5-6-10-26(25)30-37-33(41)42-38-30/h5-10,12-17,20H,3-4,11,18-19H2,1-2H3,(H,37,38,41). The Morgan fingerprint density at radius 3 is 2.47 bits per heavy atom. The molecule has 0 saturated carbocycles. The van der Waals surface area contributed by atoms with Crippen LogP contribution in [0.2, 0.25) is 0 Å². The minimum Gasteiger partial charge on any atom is -0.296 e. The van der Waals surface area contributed by atoms with Crippen molar-refractivity contribution in [3.05, 3.63) is 128 Å². The Morgan fingerprint density at radius 1 is 0.953 bits per heavy atom. The Bertz CT molecular complexity index is 1970. The van der Waals surface area contributed by atoms with Crippen molar-refractivity contribution in [1.82, 2.24) is 29.7 Å². The van der Waals surface area contributed by atoms with E-state index < -0.39 is 5.76 Å². The van der Waals surface area contributed by atoms with E-state index in [1.807, 2.05) is 79.0 Å². The van der Waals surface area contributed by atoms with Gasteiger partial charge in [0, 0.05) is 29.1 Å². The Morgan fingerprint density at radius 2 is 1.74 bits per heavy atom. The third kappa shape index (κ3) is 6.14. The highest BCUT2D eigenvalue weighted by atomic mass is 32.1. The van der Waals surface area contributed by atoms with E-state index in [9.17, 15) is 9.59 Å². The molecule has 0 amide bonds. The van der Waals surface area contributed by atoms with Crippen molar-refractivity contribution in [2.75, 3.05) is 0 Å². The zero-order chi connectivity index (χ0) is 29.8. The molecular weight excluding hydrogens is 560 g/mol. The molecule has 216 valence electrons. The van der Waals surface area contributed by atoms with E-state index in [1.165, 1.54) is 11.3 Å². The van der Waals surface area contributed by atoms with Crippen molar-refractivity contribution in [2.45, 2.75) is 46.1 Å². The van der Waals surface area contributed by atoms with Crippen LogP contribution in [0.15, 0.2) is 92.4 Å². The average Bonchev–Trinajstić information content (AvgIpc) is 3.70. The second-order valence-corrected chi connectivity index (χ2v) is 11.2. The molecule has 0 spiro atoms. The first kappa shape index (κ1) is 28.2. The normalized spacial score (nSPS) is 11.2. The zero-order valence-corrected chi connectivity index (χ0v) is 24.7. The van der Waals surface area contributed by atoms with Crippen LogP contribution >= 0.6 is 11.3 Å². The lowest BCUT2D eigenvalue weighted by Crippen LogP contribution is -2.30. The maximum absolute atomic E-state index is 14.0. The smallest absolute Gasteiger partial charge is 0.296 e. The molecule has 1 N–H and O–H groups in total. The number of benzene rings is 2. The number of H-pyrrole nitrogens is 1. The van der Waals surface area contributed by atoms with E-state index in [-0.39, 0.29) is 5.56 Å². The van der Waals surface area contributed by atoms with Crippen LogP contribution in [-0.2, 0) is 19.4 Å². The predicted octanol–water partition coefficient (Wildman–Crippen LogP) is 6.06. The second kappa shape index (κ2) is 12.5. The van der Waals surface area contributed by atoms with Gasteiger partial charge in [-0.2, -0.15) is 0 Å². The van der Waals surface area contributed by atoms with Crippen molar-refractivity contribution in [1.29, 1.82) is 0 Å². The first-order chi connectivity index (χ1) is 21.0. The van der Waals surface area contributed by atoms with E-state index in [2.05, 4.69) is 22.0 Å². The SMILES string of the molecule is CCCCc1nc(C)n(Cc2csc(-c3ccccn3)n2)c(=O)c1Cc1ccc(-c2ccccc2-c2noc(=O)[nH]2)cc1. The van der Waals surface area contributed by atoms with Gasteiger partial charge in [0.05, 0.1) is 23.6 Å². The summed E-state index contributed by atoms with van der Waals surface area (Å²) in [5, 5.41) is 6.66. The van der Waals surface area contributed by atoms with Gasteiger partial charge in [-0.3, -0.25) is 23.9 Å². The number of rotatable bonds is 10. The quantitative estimate of drug-likeness (QED) is 0.206. The number of nitrogens with zero attached hydrogens (tertiary/aromatic N) is 5. The van der Waals surface area contributed by atoms with E-state index in [0.717, 1.165) is 63.6 Å². The summed E-state index contributed by atoms with van der Waals surface area (Å²) in [4.78, 5) is 42.2. The number of hydrogen-bond acceptors (Lipinski definition) is 8. The summed E-state index contributed by atoms with van der Waals surface area (Å²) in [5.74, 6) is 0.466. The van der Waals surface area contributed by atoms with E-state index >= 15 is 0 Å². The molecule has 4 heterocycles. The number of thiazole rings is 1. The molecule has 43 heavy (non-hydrogen) atoms. The van der Waals surface area contributed by atoms with Crippen LogP contribution in [0.5, 0.6) is 0 Å². The summed E-state index contributed by atoms with van der Waals surface area (Å²) in [7, 11) is 0. The summed E-state index contributed by atoms with van der Waals surface area (Å²) in [5.41, 5.74) is 6.81. The summed E-state index contributed by atoms with van der Waals surface area (Å²) in [6, 6.07) is 21.5. The van der Waals surface area contributed by atoms with Crippen LogP contribution in [0.25, 0.3) is 33.2 Å². The van der Waals surface area contributed by atoms with Gasteiger partial charge in [-0.1, -0.05) is 73.1 Å². The summed E-state index contributed by atoms with van der Waals surface area (Å²) < 4.78 is 6.45. The van der Waals surface area contributed by atoms with E-state index in [1.54, 1.807) is 10.8 Å². The third-order valence-corrected chi connectivity index (χ3v) is 8.24. The molecule has 10 heteroatoms. The van der Waals surface area contributed by atoms with Gasteiger partial charge in [0.15, 0.2) is 5.82 Å². The number of aryl methyl sites for hydroxylation is 2. The number of unbranched alkanes of at least 4 members (excludes halogenated alkanes) is 1. The summed E-state index contributed by atoms with van der Waals surface area (Å²) >= 11 is 1.52. The zero-order valence-electron chi connectivity index (χ0n) is 23.9. The molecule has 6 rings (SSSR count). The van der Waals surface area contributed by atoms with Crippen LogP contribution in [0.1, 0.15) is 48.1 Å². The number of pyridine rings is 1. The van der Waals surface area contributed by atoms with Crippen molar-refractivity contribution in [2.24, 2.45) is 0 Å². The topological polar surface area (TPSA) is 120 Å². The molecule has 9 nitrogen and oxygen atoms in total. The van der Waals surface area contributed by atoms with Gasteiger partial charge in [0.1, 0.15) is 10.8 Å². The molecule has 0 aliphatic heterocycles. The Kier molecular flexibility index (Phi) is 8.19. The second-order valence-electron chi connectivity index (χ2n) is 10.3. The number of hydrogen-bond donors (Lipinski definition) is 1. The van der Waals surface area contributed by atoms with Crippen LogP contribution in [0.3, 0.4) is 0 Å². The number of nitrogens with one attached hydrogen (secondary N) is 1. The fraction of sp³-hybridized carbons (Fsp3) is 0.212. The minimum absolute atomic E-state index is 0.0320.